The average Bonchev–Trinajstić information content (AvgIpc) is 2.60. The number of ether oxygens (including phenoxy) is 2. The molecule has 0 aliphatic heterocycles. The number of hydrogen-bond donors (Lipinski definition) is 1. The van der Waals surface area contributed by atoms with Gasteiger partial charge in [-0.2, -0.15) is 0 Å². The number of benzene rings is 1. The number of hydrogen-bond acceptors (Lipinski definition) is 7. The Kier molecular flexibility index (Phi) is 4.10. The Morgan fingerprint density at radius 1 is 1.12 bits per heavy atom. The summed E-state index contributed by atoms with van der Waals surface area (Å²) in [5.41, 5.74) is -0.856. The second-order valence-corrected chi connectivity index (χ2v) is 5.10. The summed E-state index contributed by atoms with van der Waals surface area (Å²) in [6.07, 6.45) is 0. The van der Waals surface area contributed by atoms with Crippen molar-refractivity contribution in [1.82, 2.24) is 4.98 Å². The number of methoxy groups -OCH3 is 1. The van der Waals surface area contributed by atoms with Gasteiger partial charge in [0.1, 0.15) is 5.69 Å². The molecule has 0 radical (unpaired) electrons. The highest BCUT2D eigenvalue weighted by Crippen LogP contribution is 2.21. The van der Waals surface area contributed by atoms with Crippen LogP contribution in [0.3, 0.4) is 0 Å². The minimum absolute atomic E-state index is 0.0387. The van der Waals surface area contributed by atoms with E-state index < -0.39 is 22.8 Å². The molecule has 25 heavy (non-hydrogen) atoms. The van der Waals surface area contributed by atoms with Crippen molar-refractivity contribution >= 4 is 33.8 Å². The zero-order valence-corrected chi connectivity index (χ0v) is 13.4. The molecular weight excluding hydrogens is 330 g/mol. The van der Waals surface area contributed by atoms with E-state index in [1.54, 1.807) is 6.92 Å². The predicted molar refractivity (Wildman–Crippen MR) is 87.9 cm³/mol. The Morgan fingerprint density at radius 2 is 1.88 bits per heavy atom. The second-order valence-electron chi connectivity index (χ2n) is 5.10. The number of pyridine rings is 1. The van der Waals surface area contributed by atoms with Gasteiger partial charge in [-0.15, -0.1) is 0 Å². The van der Waals surface area contributed by atoms with Crippen molar-refractivity contribution in [3.05, 3.63) is 56.2 Å². The van der Waals surface area contributed by atoms with E-state index in [1.165, 1.54) is 19.2 Å². The largest absolute Gasteiger partial charge is 0.464 e. The van der Waals surface area contributed by atoms with Crippen LogP contribution in [-0.2, 0) is 9.47 Å². The summed E-state index contributed by atoms with van der Waals surface area (Å²) in [5.74, 6) is -1.81. The lowest BCUT2D eigenvalue weighted by molar-refractivity contribution is 0.0490. The molecule has 0 spiro atoms. The maximum absolute atomic E-state index is 12.4. The zero-order chi connectivity index (χ0) is 18.1. The van der Waals surface area contributed by atoms with Crippen LogP contribution in [0, 0.1) is 0 Å². The van der Waals surface area contributed by atoms with Gasteiger partial charge in [-0.05, 0) is 19.1 Å². The van der Waals surface area contributed by atoms with Crippen LogP contribution in [0.2, 0.25) is 0 Å². The first-order valence-electron chi connectivity index (χ1n) is 7.35. The molecule has 0 fully saturated rings. The maximum atomic E-state index is 12.4. The van der Waals surface area contributed by atoms with E-state index in [9.17, 15) is 19.2 Å². The molecule has 0 saturated heterocycles. The van der Waals surface area contributed by atoms with Crippen molar-refractivity contribution in [2.75, 3.05) is 13.7 Å². The molecule has 2 aromatic heterocycles. The number of aromatic nitrogens is 1. The molecule has 0 aliphatic carbocycles. The SMILES string of the molecule is CCOC(=O)c1cc(=O)c2ccc3[nH]c(C(=O)OC)cc(=O)c3c2o1. The molecule has 3 aromatic rings. The van der Waals surface area contributed by atoms with Gasteiger partial charge >= 0.3 is 11.9 Å². The molecule has 3 rings (SSSR count). The average molecular weight is 343 g/mol. The molecule has 8 heteroatoms. The van der Waals surface area contributed by atoms with Gasteiger partial charge in [-0.1, -0.05) is 0 Å². The fourth-order valence-corrected chi connectivity index (χ4v) is 2.47. The molecule has 0 unspecified atom stereocenters. The van der Waals surface area contributed by atoms with Gasteiger partial charge in [0.2, 0.25) is 5.76 Å². The van der Waals surface area contributed by atoms with Gasteiger partial charge in [0, 0.05) is 12.1 Å². The van der Waals surface area contributed by atoms with E-state index >= 15 is 0 Å². The lowest BCUT2D eigenvalue weighted by atomic mass is 10.1. The molecule has 0 aliphatic rings. The van der Waals surface area contributed by atoms with Crippen molar-refractivity contribution in [3.8, 4) is 0 Å². The van der Waals surface area contributed by atoms with E-state index in [2.05, 4.69) is 9.72 Å². The van der Waals surface area contributed by atoms with Gasteiger partial charge in [0.05, 0.1) is 30.0 Å². The highest BCUT2D eigenvalue weighted by atomic mass is 16.5. The number of carbonyl (C=O) groups excluding carboxylic acids is 2. The molecule has 8 nitrogen and oxygen atoms in total. The van der Waals surface area contributed by atoms with Crippen LogP contribution in [0.25, 0.3) is 21.9 Å². The summed E-state index contributed by atoms with van der Waals surface area (Å²) >= 11 is 0. The van der Waals surface area contributed by atoms with Crippen molar-refractivity contribution in [2.24, 2.45) is 0 Å². The molecule has 1 N–H and O–H groups in total. The third-order valence-corrected chi connectivity index (χ3v) is 3.57. The number of H-pyrrole nitrogens is 1. The molecule has 128 valence electrons. The number of carbonyl (C=O) groups is 2. The number of esters is 2. The lowest BCUT2D eigenvalue weighted by Gasteiger charge is -2.06. The molecule has 0 amide bonds. The van der Waals surface area contributed by atoms with Crippen LogP contribution >= 0.6 is 0 Å². The Hall–Kier alpha value is -3.42. The van der Waals surface area contributed by atoms with E-state index in [0.717, 1.165) is 12.1 Å². The first-order valence-corrected chi connectivity index (χ1v) is 7.35. The highest BCUT2D eigenvalue weighted by Gasteiger charge is 2.18. The lowest BCUT2D eigenvalue weighted by Crippen LogP contribution is -2.14. The smallest absolute Gasteiger partial charge is 0.374 e. The first kappa shape index (κ1) is 16.4. The van der Waals surface area contributed by atoms with E-state index in [1.807, 2.05) is 0 Å². The normalized spacial score (nSPS) is 10.8. The fourth-order valence-electron chi connectivity index (χ4n) is 2.47. The highest BCUT2D eigenvalue weighted by molar-refractivity contribution is 6.04. The third-order valence-electron chi connectivity index (χ3n) is 3.57. The Labute approximate surface area is 140 Å². The molecule has 0 bridgehead atoms. The van der Waals surface area contributed by atoms with E-state index in [-0.39, 0.29) is 39.9 Å². The number of nitrogens with one attached hydrogen (secondary N) is 1. The van der Waals surface area contributed by atoms with Crippen LogP contribution in [-0.4, -0.2) is 30.6 Å². The van der Waals surface area contributed by atoms with Gasteiger partial charge in [0.15, 0.2) is 16.4 Å². The molecular formula is C17H13NO7. The summed E-state index contributed by atoms with van der Waals surface area (Å²) in [6.45, 7) is 1.73. The quantitative estimate of drug-likeness (QED) is 0.567. The summed E-state index contributed by atoms with van der Waals surface area (Å²) in [5, 5.41) is 0.185. The minimum atomic E-state index is -0.805. The Balaban J connectivity index is 2.37. The summed E-state index contributed by atoms with van der Waals surface area (Å²) < 4.78 is 14.9. The molecule has 1 aromatic carbocycles. The fraction of sp³-hybridized carbons (Fsp3) is 0.176. The van der Waals surface area contributed by atoms with E-state index in [0.29, 0.717) is 0 Å². The molecule has 0 saturated carbocycles. The number of aromatic amines is 1. The van der Waals surface area contributed by atoms with Gasteiger partial charge < -0.3 is 18.9 Å². The third kappa shape index (κ3) is 2.78. The van der Waals surface area contributed by atoms with Crippen molar-refractivity contribution in [2.45, 2.75) is 6.92 Å². The monoisotopic (exact) mass is 343 g/mol. The number of fused-ring (bicyclic) bond motifs is 3. The van der Waals surface area contributed by atoms with Crippen molar-refractivity contribution < 1.29 is 23.5 Å². The summed E-state index contributed by atoms with van der Waals surface area (Å²) in [6, 6.07) is 4.98. The minimum Gasteiger partial charge on any atom is -0.464 e. The molecule has 0 atom stereocenters. The van der Waals surface area contributed by atoms with Gasteiger partial charge in [-0.3, -0.25) is 9.59 Å². The van der Waals surface area contributed by atoms with E-state index in [4.69, 9.17) is 9.15 Å². The van der Waals surface area contributed by atoms with Crippen LogP contribution < -0.4 is 10.9 Å². The van der Waals surface area contributed by atoms with Gasteiger partial charge in [-0.25, -0.2) is 9.59 Å². The van der Waals surface area contributed by atoms with Gasteiger partial charge in [0.25, 0.3) is 0 Å². The predicted octanol–water partition coefficient (Wildman–Crippen LogP) is 1.60. The zero-order valence-electron chi connectivity index (χ0n) is 13.4. The second kappa shape index (κ2) is 6.23. The van der Waals surface area contributed by atoms with Crippen LogP contribution in [0.1, 0.15) is 28.0 Å². The van der Waals surface area contributed by atoms with Crippen molar-refractivity contribution in [1.29, 1.82) is 0 Å². The number of rotatable bonds is 3. The maximum Gasteiger partial charge on any atom is 0.374 e. The Morgan fingerprint density at radius 3 is 2.56 bits per heavy atom. The van der Waals surface area contributed by atoms with Crippen LogP contribution in [0.4, 0.5) is 0 Å². The van der Waals surface area contributed by atoms with Crippen molar-refractivity contribution in [3.63, 3.8) is 0 Å². The Bertz CT molecular complexity index is 1120. The molecule has 2 heterocycles. The van der Waals surface area contributed by atoms with Crippen LogP contribution in [0.5, 0.6) is 0 Å². The topological polar surface area (TPSA) is 116 Å². The van der Waals surface area contributed by atoms with Crippen LogP contribution in [0.15, 0.2) is 38.3 Å². The summed E-state index contributed by atoms with van der Waals surface area (Å²) in [4.78, 5) is 50.9. The standard InChI is InChI=1S/C17H13NO7/c1-3-24-17(22)13-7-11(19)8-4-5-9-14(15(8)25-13)12(20)6-10(18-9)16(21)23-2/h4-7H,3H2,1-2H3,(H,18,20). The summed E-state index contributed by atoms with van der Waals surface area (Å²) in [7, 11) is 1.19. The first-order chi connectivity index (χ1) is 12.0.